The first-order chi connectivity index (χ1) is 20.7. The maximum absolute atomic E-state index is 12.1. The lowest BCUT2D eigenvalue weighted by molar-refractivity contribution is -0.316. The Bertz CT molecular complexity index is 1150. The average molecular weight is 704 g/mol. The van der Waals surface area contributed by atoms with Crippen LogP contribution in [0.1, 0.15) is 52.9 Å². The van der Waals surface area contributed by atoms with Gasteiger partial charge in [-0.3, -0.25) is 4.79 Å². The molecule has 0 bridgehead atoms. The Morgan fingerprint density at radius 1 is 1.09 bits per heavy atom. The molecule has 0 aromatic rings. The van der Waals surface area contributed by atoms with Crippen molar-refractivity contribution in [1.29, 1.82) is 0 Å². The summed E-state index contributed by atoms with van der Waals surface area (Å²) in [5.74, 6) is -5.12. The number of hydrogen-bond donors (Lipinski definition) is 6. The Balaban J connectivity index is 1.90. The zero-order chi connectivity index (χ0) is 33.0. The summed E-state index contributed by atoms with van der Waals surface area (Å²) in [6.07, 6.45) is 10.5. The summed E-state index contributed by atoms with van der Waals surface area (Å²) < 4.78 is 11.4. The van der Waals surface area contributed by atoms with Crippen molar-refractivity contribution in [2.45, 2.75) is 101 Å². The molecule has 1 heterocycles. The summed E-state index contributed by atoms with van der Waals surface area (Å²) in [5, 5.41) is 61.3. The number of allylic oxidation sites excluding steroid dienone is 9. The lowest BCUT2D eigenvalue weighted by Gasteiger charge is -2.45. The van der Waals surface area contributed by atoms with Gasteiger partial charge in [-0.1, -0.05) is 90.0 Å². The van der Waals surface area contributed by atoms with Crippen molar-refractivity contribution >= 4 is 39.5 Å². The highest BCUT2D eigenvalue weighted by Gasteiger charge is 2.51. The molecule has 10 nitrogen and oxygen atoms in total. The minimum Gasteiger partial charge on any atom is -0.481 e. The van der Waals surface area contributed by atoms with Crippen molar-refractivity contribution in [2.24, 2.45) is 11.8 Å². The fraction of sp³-hybridized carbons (Fsp3) is 0.562. The number of rotatable bonds is 13. The number of halogens is 2. The molecule has 0 amide bonds. The van der Waals surface area contributed by atoms with Gasteiger partial charge in [-0.25, -0.2) is 4.79 Å². The van der Waals surface area contributed by atoms with Gasteiger partial charge in [0.15, 0.2) is 5.79 Å². The van der Waals surface area contributed by atoms with Gasteiger partial charge in [0, 0.05) is 29.3 Å². The highest BCUT2D eigenvalue weighted by molar-refractivity contribution is 9.11. The number of carboxylic acid groups (broad SMARTS) is 1. The van der Waals surface area contributed by atoms with E-state index in [2.05, 4.69) is 15.9 Å². The number of aliphatic hydroxyl groups is 5. The maximum Gasteiger partial charge on any atom is 0.331 e. The first-order valence-electron chi connectivity index (χ1n) is 14.6. The third-order valence-electron chi connectivity index (χ3n) is 7.62. The van der Waals surface area contributed by atoms with Gasteiger partial charge in [0.1, 0.15) is 12.2 Å². The first-order valence-corrected chi connectivity index (χ1v) is 15.8. The lowest BCUT2D eigenvalue weighted by Crippen LogP contribution is -2.61. The molecule has 10 unspecified atom stereocenters. The SMILES string of the molecule is CC/C=C/C1OC(O)(C(O)C(O)C(C)/C(Br)=C/C=C/C=C(C)/C=C/C=C/C(=O)OC2CC(C(=O)O)CCC2O)CC(O)C1Cl. The van der Waals surface area contributed by atoms with Crippen LogP contribution in [0.15, 0.2) is 70.8 Å². The minimum absolute atomic E-state index is 0.0794. The van der Waals surface area contributed by atoms with E-state index in [4.69, 9.17) is 26.2 Å². The number of aliphatic carboxylic acids is 1. The number of alkyl halides is 1. The van der Waals surface area contributed by atoms with Crippen molar-refractivity contribution in [3.63, 3.8) is 0 Å². The number of esters is 1. The van der Waals surface area contributed by atoms with Gasteiger partial charge in [0.2, 0.25) is 0 Å². The molecular weight excluding hydrogens is 660 g/mol. The Labute approximate surface area is 271 Å². The molecule has 2 aliphatic rings. The number of aliphatic hydroxyl groups excluding tert-OH is 4. The molecule has 12 heteroatoms. The molecule has 0 aromatic carbocycles. The molecule has 2 rings (SSSR count). The van der Waals surface area contributed by atoms with Crippen molar-refractivity contribution in [3.05, 3.63) is 70.8 Å². The number of carbonyl (C=O) groups excluding carboxylic acids is 1. The molecule has 0 aromatic heterocycles. The van der Waals surface area contributed by atoms with E-state index in [9.17, 15) is 35.1 Å². The van der Waals surface area contributed by atoms with Crippen molar-refractivity contribution < 1.29 is 49.7 Å². The van der Waals surface area contributed by atoms with Crippen LogP contribution in [0.25, 0.3) is 0 Å². The van der Waals surface area contributed by atoms with Crippen LogP contribution >= 0.6 is 27.5 Å². The predicted octanol–water partition coefficient (Wildman–Crippen LogP) is 3.81. The smallest absolute Gasteiger partial charge is 0.331 e. The van der Waals surface area contributed by atoms with Gasteiger partial charge < -0.3 is 40.1 Å². The molecule has 1 aliphatic carbocycles. The van der Waals surface area contributed by atoms with E-state index in [1.54, 1.807) is 55.5 Å². The average Bonchev–Trinajstić information content (AvgIpc) is 2.98. The minimum atomic E-state index is -2.21. The maximum atomic E-state index is 12.1. The van der Waals surface area contributed by atoms with Gasteiger partial charge in [0.05, 0.1) is 35.7 Å². The summed E-state index contributed by atoms with van der Waals surface area (Å²) in [4.78, 5) is 23.3. The highest BCUT2D eigenvalue weighted by Crippen LogP contribution is 2.37. The van der Waals surface area contributed by atoms with Crippen LogP contribution in [-0.2, 0) is 19.1 Å². The fourth-order valence-corrected chi connectivity index (χ4v) is 5.49. The molecule has 6 N–H and O–H groups in total. The molecule has 1 aliphatic heterocycles. The monoisotopic (exact) mass is 702 g/mol. The van der Waals surface area contributed by atoms with Crippen LogP contribution in [0.4, 0.5) is 0 Å². The van der Waals surface area contributed by atoms with Crippen molar-refractivity contribution in [2.75, 3.05) is 0 Å². The summed E-state index contributed by atoms with van der Waals surface area (Å²) in [6, 6.07) is 0. The molecule has 2 fully saturated rings. The van der Waals surface area contributed by atoms with Gasteiger partial charge >= 0.3 is 11.9 Å². The number of carboxylic acids is 1. The third kappa shape index (κ3) is 11.4. The third-order valence-corrected chi connectivity index (χ3v) is 9.15. The molecular formula is C32H44BrClO10. The highest BCUT2D eigenvalue weighted by atomic mass is 79.9. The second-order valence-corrected chi connectivity index (χ2v) is 12.6. The molecule has 0 radical (unpaired) electrons. The van der Waals surface area contributed by atoms with Gasteiger partial charge in [-0.15, -0.1) is 11.6 Å². The predicted molar refractivity (Wildman–Crippen MR) is 170 cm³/mol. The second kappa shape index (κ2) is 18.2. The Morgan fingerprint density at radius 3 is 2.41 bits per heavy atom. The van der Waals surface area contributed by atoms with Crippen molar-refractivity contribution in [3.8, 4) is 0 Å². The number of ether oxygens (including phenoxy) is 2. The summed E-state index contributed by atoms with van der Waals surface area (Å²) in [7, 11) is 0. The van der Waals surface area contributed by atoms with Crippen LogP contribution < -0.4 is 0 Å². The topological polar surface area (TPSA) is 174 Å². The van der Waals surface area contributed by atoms with Gasteiger partial charge in [-0.2, -0.15) is 0 Å². The van der Waals surface area contributed by atoms with E-state index in [1.807, 2.05) is 13.8 Å². The molecule has 1 saturated heterocycles. The summed E-state index contributed by atoms with van der Waals surface area (Å²) in [6.45, 7) is 5.40. The number of carbonyl (C=O) groups is 2. The van der Waals surface area contributed by atoms with E-state index in [-0.39, 0.29) is 19.3 Å². The Morgan fingerprint density at radius 2 is 1.75 bits per heavy atom. The number of hydrogen-bond acceptors (Lipinski definition) is 9. The van der Waals surface area contributed by atoms with Crippen LogP contribution in [0.3, 0.4) is 0 Å². The Kier molecular flexibility index (Phi) is 15.7. The van der Waals surface area contributed by atoms with E-state index in [0.717, 1.165) is 5.57 Å². The standard InChI is InChI=1S/C32H44BrClO10/c1-4-5-13-25-28(34)24(36)18-32(42,44-25)30(39)29(38)20(3)22(33)12-8-6-10-19(2)11-7-9-14-27(37)43-26-17-21(31(40)41)15-16-23(26)35/h5-14,20-21,23-26,28-30,35-36,38-39,42H,4,15-18H2,1-3H3,(H,40,41)/b8-6+,11-7+,13-5+,14-9+,19-10+,22-12-. The second-order valence-electron chi connectivity index (χ2n) is 11.2. The van der Waals surface area contributed by atoms with E-state index in [0.29, 0.717) is 17.3 Å². The van der Waals surface area contributed by atoms with E-state index >= 15 is 0 Å². The fourth-order valence-electron chi connectivity index (χ4n) is 4.85. The van der Waals surface area contributed by atoms with Crippen LogP contribution in [0, 0.1) is 11.8 Å². The van der Waals surface area contributed by atoms with E-state index in [1.165, 1.54) is 12.2 Å². The Hall–Kier alpha value is -2.09. The first kappa shape index (κ1) is 38.1. The van der Waals surface area contributed by atoms with Crippen LogP contribution in [0.5, 0.6) is 0 Å². The molecule has 246 valence electrons. The van der Waals surface area contributed by atoms with E-state index < -0.39 is 71.6 Å². The quantitative estimate of drug-likeness (QED) is 0.0545. The van der Waals surface area contributed by atoms with Crippen LogP contribution in [0.2, 0.25) is 0 Å². The van der Waals surface area contributed by atoms with Gasteiger partial charge in [0.25, 0.3) is 0 Å². The lowest BCUT2D eigenvalue weighted by atomic mass is 9.85. The molecule has 0 spiro atoms. The summed E-state index contributed by atoms with van der Waals surface area (Å²) >= 11 is 9.63. The molecule has 10 atom stereocenters. The zero-order valence-corrected chi connectivity index (χ0v) is 27.4. The molecule has 1 saturated carbocycles. The van der Waals surface area contributed by atoms with Gasteiger partial charge in [-0.05, 0) is 26.2 Å². The zero-order valence-electron chi connectivity index (χ0n) is 25.1. The van der Waals surface area contributed by atoms with Crippen LogP contribution in [-0.4, -0.2) is 90.4 Å². The van der Waals surface area contributed by atoms with Crippen molar-refractivity contribution in [1.82, 2.24) is 0 Å². The molecule has 44 heavy (non-hydrogen) atoms. The normalized spacial score (nSPS) is 32.9. The largest absolute Gasteiger partial charge is 0.481 e. The summed E-state index contributed by atoms with van der Waals surface area (Å²) in [5.41, 5.74) is 0.846.